The van der Waals surface area contributed by atoms with Crippen molar-refractivity contribution in [3.63, 3.8) is 0 Å². The normalized spacial score (nSPS) is 27.0. The number of anilines is 2. The van der Waals surface area contributed by atoms with Crippen molar-refractivity contribution in [2.24, 2.45) is 0 Å². The van der Waals surface area contributed by atoms with Gasteiger partial charge in [0.25, 0.3) is 0 Å². The van der Waals surface area contributed by atoms with Crippen molar-refractivity contribution in [2.45, 2.75) is 64.5 Å². The lowest BCUT2D eigenvalue weighted by Gasteiger charge is -2.36. The van der Waals surface area contributed by atoms with E-state index in [0.717, 1.165) is 25.0 Å². The summed E-state index contributed by atoms with van der Waals surface area (Å²) in [6.45, 7) is 6.49. The standard InChI is InChI=1S/C15H24ClN5/c1-11-7-3-5-9-20(11)14-17-13(16)18-15(19-14)21-10-6-4-8-12(21)2/h11-12H,3-10H2,1-2H3/t11-,12-/m0/s1. The van der Waals surface area contributed by atoms with Gasteiger partial charge < -0.3 is 9.80 Å². The van der Waals surface area contributed by atoms with Crippen LogP contribution in [0.1, 0.15) is 52.4 Å². The fourth-order valence-electron chi connectivity index (χ4n) is 3.38. The number of aromatic nitrogens is 3. The monoisotopic (exact) mass is 309 g/mol. The van der Waals surface area contributed by atoms with E-state index in [9.17, 15) is 0 Å². The summed E-state index contributed by atoms with van der Waals surface area (Å²) in [6, 6.07) is 0.952. The number of rotatable bonds is 2. The average molecular weight is 310 g/mol. The number of piperidine rings is 2. The number of hydrogen-bond donors (Lipinski definition) is 0. The van der Waals surface area contributed by atoms with Gasteiger partial charge in [0.2, 0.25) is 17.2 Å². The Balaban J connectivity index is 1.88. The average Bonchev–Trinajstić information content (AvgIpc) is 2.47. The zero-order valence-corrected chi connectivity index (χ0v) is 13.7. The molecule has 2 fully saturated rings. The summed E-state index contributed by atoms with van der Waals surface area (Å²) in [4.78, 5) is 18.0. The summed E-state index contributed by atoms with van der Waals surface area (Å²) in [6.07, 6.45) is 7.35. The van der Waals surface area contributed by atoms with Gasteiger partial charge in [0.05, 0.1) is 0 Å². The molecule has 0 amide bonds. The van der Waals surface area contributed by atoms with Gasteiger partial charge in [0.15, 0.2) is 0 Å². The first-order valence-corrected chi connectivity index (χ1v) is 8.48. The van der Waals surface area contributed by atoms with Crippen LogP contribution in [0.15, 0.2) is 0 Å². The van der Waals surface area contributed by atoms with Crippen LogP contribution in [0.2, 0.25) is 5.28 Å². The van der Waals surface area contributed by atoms with E-state index >= 15 is 0 Å². The fourth-order valence-corrected chi connectivity index (χ4v) is 3.53. The third-order valence-corrected chi connectivity index (χ3v) is 4.87. The van der Waals surface area contributed by atoms with E-state index in [1.165, 1.54) is 38.5 Å². The van der Waals surface area contributed by atoms with Crippen LogP contribution in [0.5, 0.6) is 0 Å². The molecule has 2 saturated heterocycles. The van der Waals surface area contributed by atoms with Gasteiger partial charge in [-0.2, -0.15) is 15.0 Å². The zero-order chi connectivity index (χ0) is 14.8. The molecule has 116 valence electrons. The van der Waals surface area contributed by atoms with E-state index in [2.05, 4.69) is 33.6 Å². The van der Waals surface area contributed by atoms with Gasteiger partial charge in [-0.05, 0) is 64.0 Å². The van der Waals surface area contributed by atoms with Crippen molar-refractivity contribution in [1.29, 1.82) is 0 Å². The first-order chi connectivity index (χ1) is 10.1. The first kappa shape index (κ1) is 14.8. The zero-order valence-electron chi connectivity index (χ0n) is 12.9. The van der Waals surface area contributed by atoms with Gasteiger partial charge in [0.1, 0.15) is 0 Å². The quantitative estimate of drug-likeness (QED) is 0.839. The van der Waals surface area contributed by atoms with Crippen molar-refractivity contribution in [2.75, 3.05) is 22.9 Å². The molecule has 1 aromatic rings. The molecule has 2 aliphatic heterocycles. The molecule has 0 unspecified atom stereocenters. The summed E-state index contributed by atoms with van der Waals surface area (Å²) < 4.78 is 0. The highest BCUT2D eigenvalue weighted by molar-refractivity contribution is 6.28. The molecule has 0 bridgehead atoms. The summed E-state index contributed by atoms with van der Waals surface area (Å²) in [5, 5.41) is 0.311. The maximum atomic E-state index is 6.17. The lowest BCUT2D eigenvalue weighted by atomic mass is 10.0. The van der Waals surface area contributed by atoms with Gasteiger partial charge in [0, 0.05) is 25.2 Å². The molecule has 3 heterocycles. The van der Waals surface area contributed by atoms with Crippen molar-refractivity contribution in [3.05, 3.63) is 5.28 Å². The summed E-state index contributed by atoms with van der Waals surface area (Å²) in [5.74, 6) is 1.49. The smallest absolute Gasteiger partial charge is 0.231 e. The highest BCUT2D eigenvalue weighted by Crippen LogP contribution is 2.26. The van der Waals surface area contributed by atoms with E-state index in [1.54, 1.807) is 0 Å². The van der Waals surface area contributed by atoms with Crippen LogP contribution < -0.4 is 9.80 Å². The predicted octanol–water partition coefficient (Wildman–Crippen LogP) is 3.28. The highest BCUT2D eigenvalue weighted by Gasteiger charge is 2.25. The SMILES string of the molecule is C[C@H]1CCCCN1c1nc(Cl)nc(N2CCCC[C@@H]2C)n1. The van der Waals surface area contributed by atoms with Gasteiger partial charge in [-0.3, -0.25) is 0 Å². The Morgan fingerprint density at radius 2 is 1.29 bits per heavy atom. The molecule has 0 aliphatic carbocycles. The minimum Gasteiger partial charge on any atom is -0.338 e. The third-order valence-electron chi connectivity index (χ3n) is 4.70. The second-order valence-corrected chi connectivity index (χ2v) is 6.62. The lowest BCUT2D eigenvalue weighted by molar-refractivity contribution is 0.467. The highest BCUT2D eigenvalue weighted by atomic mass is 35.5. The second kappa shape index (κ2) is 6.34. The van der Waals surface area contributed by atoms with E-state index in [4.69, 9.17) is 16.6 Å². The molecule has 21 heavy (non-hydrogen) atoms. The van der Waals surface area contributed by atoms with Gasteiger partial charge in [-0.15, -0.1) is 0 Å². The minimum absolute atomic E-state index is 0.311. The Hall–Kier alpha value is -1.10. The number of nitrogens with zero attached hydrogens (tertiary/aromatic N) is 5. The Morgan fingerprint density at radius 1 is 0.810 bits per heavy atom. The molecule has 0 radical (unpaired) electrons. The molecule has 2 atom stereocenters. The molecular weight excluding hydrogens is 286 g/mol. The van der Waals surface area contributed by atoms with Crippen LogP contribution in [0.25, 0.3) is 0 Å². The maximum Gasteiger partial charge on any atom is 0.231 e. The van der Waals surface area contributed by atoms with Gasteiger partial charge in [-0.1, -0.05) is 0 Å². The van der Waals surface area contributed by atoms with Crippen molar-refractivity contribution in [1.82, 2.24) is 15.0 Å². The Morgan fingerprint density at radius 3 is 1.71 bits per heavy atom. The minimum atomic E-state index is 0.311. The summed E-state index contributed by atoms with van der Waals surface area (Å²) >= 11 is 6.17. The van der Waals surface area contributed by atoms with Crippen LogP contribution in [0.4, 0.5) is 11.9 Å². The second-order valence-electron chi connectivity index (χ2n) is 6.28. The molecule has 5 nitrogen and oxygen atoms in total. The van der Waals surface area contributed by atoms with Crippen LogP contribution in [0.3, 0.4) is 0 Å². The molecule has 1 aromatic heterocycles. The lowest BCUT2D eigenvalue weighted by Crippen LogP contribution is -2.41. The molecule has 2 aliphatic rings. The molecule has 0 saturated carbocycles. The van der Waals surface area contributed by atoms with Crippen molar-refractivity contribution < 1.29 is 0 Å². The molecular formula is C15H24ClN5. The molecule has 0 spiro atoms. The van der Waals surface area contributed by atoms with E-state index in [1.807, 2.05) is 0 Å². The summed E-state index contributed by atoms with van der Waals surface area (Å²) in [5.41, 5.74) is 0. The van der Waals surface area contributed by atoms with Crippen molar-refractivity contribution >= 4 is 23.5 Å². The topological polar surface area (TPSA) is 45.2 Å². The van der Waals surface area contributed by atoms with Crippen LogP contribution in [-0.2, 0) is 0 Å². The molecule has 3 rings (SSSR count). The Labute approximate surface area is 131 Å². The van der Waals surface area contributed by atoms with Gasteiger partial charge in [-0.25, -0.2) is 0 Å². The predicted molar refractivity (Wildman–Crippen MR) is 86.2 cm³/mol. The maximum absolute atomic E-state index is 6.17. The van der Waals surface area contributed by atoms with E-state index < -0.39 is 0 Å². The number of halogens is 1. The van der Waals surface area contributed by atoms with E-state index in [-0.39, 0.29) is 0 Å². The summed E-state index contributed by atoms with van der Waals surface area (Å²) in [7, 11) is 0. The molecule has 6 heteroatoms. The largest absolute Gasteiger partial charge is 0.338 e. The van der Waals surface area contributed by atoms with E-state index in [0.29, 0.717) is 17.4 Å². The Kier molecular flexibility index (Phi) is 4.48. The van der Waals surface area contributed by atoms with Crippen LogP contribution >= 0.6 is 11.6 Å². The molecule has 0 aromatic carbocycles. The van der Waals surface area contributed by atoms with Gasteiger partial charge >= 0.3 is 0 Å². The van der Waals surface area contributed by atoms with Crippen molar-refractivity contribution in [3.8, 4) is 0 Å². The third kappa shape index (κ3) is 3.23. The molecule has 0 N–H and O–H groups in total. The number of hydrogen-bond acceptors (Lipinski definition) is 5. The Bertz CT molecular complexity index is 455. The first-order valence-electron chi connectivity index (χ1n) is 8.10. The van der Waals surface area contributed by atoms with Crippen LogP contribution in [0, 0.1) is 0 Å². The van der Waals surface area contributed by atoms with Crippen LogP contribution in [-0.4, -0.2) is 40.1 Å². The fraction of sp³-hybridized carbons (Fsp3) is 0.800.